The Kier molecular flexibility index (Phi) is 4.58. The molecule has 0 radical (unpaired) electrons. The Bertz CT molecular complexity index is 611. The third-order valence-corrected chi connectivity index (χ3v) is 4.47. The maximum absolute atomic E-state index is 12.0. The van der Waals surface area contributed by atoms with E-state index in [1.165, 1.54) is 17.7 Å². The highest BCUT2D eigenvalue weighted by Gasteiger charge is 2.25. The molecule has 0 unspecified atom stereocenters. The molecule has 1 saturated carbocycles. The fraction of sp³-hybridized carbons (Fsp3) is 0.235. The van der Waals surface area contributed by atoms with Gasteiger partial charge in [0.25, 0.3) is 5.91 Å². The molecule has 0 aromatic heterocycles. The molecular weight excluding hydrogens is 280 g/mol. The summed E-state index contributed by atoms with van der Waals surface area (Å²) < 4.78 is 0. The lowest BCUT2D eigenvalue weighted by molar-refractivity contribution is -0.657. The number of hydrogen-bond donors (Lipinski definition) is 2. The molecule has 1 amide bonds. The summed E-state index contributed by atoms with van der Waals surface area (Å²) >= 11 is 1.67. The van der Waals surface area contributed by atoms with Gasteiger partial charge < -0.3 is 10.6 Å². The van der Waals surface area contributed by atoms with Gasteiger partial charge in [-0.05, 0) is 24.3 Å². The summed E-state index contributed by atoms with van der Waals surface area (Å²) in [6.45, 7) is 0.509. The van der Waals surface area contributed by atoms with Crippen LogP contribution in [0.25, 0.3) is 0 Å². The number of anilines is 1. The van der Waals surface area contributed by atoms with Gasteiger partial charge in [-0.3, -0.25) is 4.79 Å². The van der Waals surface area contributed by atoms with Gasteiger partial charge in [0, 0.05) is 22.6 Å². The number of para-hydroxylation sites is 1. The average Bonchev–Trinajstić information content (AvgIpc) is 3.33. The fourth-order valence-electron chi connectivity index (χ4n) is 2.08. The van der Waals surface area contributed by atoms with E-state index in [0.717, 1.165) is 10.6 Å². The molecule has 1 aliphatic carbocycles. The van der Waals surface area contributed by atoms with Crippen LogP contribution >= 0.6 is 11.8 Å². The Morgan fingerprint density at radius 1 is 1.10 bits per heavy atom. The summed E-state index contributed by atoms with van der Waals surface area (Å²) in [5.41, 5.74) is 0.889. The van der Waals surface area contributed by atoms with Gasteiger partial charge in [-0.2, -0.15) is 0 Å². The smallest absolute Gasteiger partial charge is 0.279 e. The first kappa shape index (κ1) is 14.2. The predicted octanol–water partition coefficient (Wildman–Crippen LogP) is 2.50. The Hall–Kier alpha value is -1.78. The second-order valence-corrected chi connectivity index (χ2v) is 6.35. The van der Waals surface area contributed by atoms with Crippen molar-refractivity contribution >= 4 is 23.4 Å². The molecule has 0 heterocycles. The first-order valence-corrected chi connectivity index (χ1v) is 8.08. The summed E-state index contributed by atoms with van der Waals surface area (Å²) in [5.74, 6) is 0.0722. The van der Waals surface area contributed by atoms with Crippen LogP contribution in [0.2, 0.25) is 0 Å². The highest BCUT2D eigenvalue weighted by Crippen LogP contribution is 2.33. The summed E-state index contributed by atoms with van der Waals surface area (Å²) in [7, 11) is 0. The van der Waals surface area contributed by atoms with Crippen LogP contribution in [0.15, 0.2) is 64.4 Å². The molecule has 108 valence electrons. The number of benzene rings is 2. The standard InChI is InChI=1S/C17H18N2OS/c20-17(12-18-13-10-11-13)19-15-8-4-5-9-16(15)21-14-6-2-1-3-7-14/h1-9,13,18H,10-12H2,(H,19,20)/p+1. The molecule has 0 saturated heterocycles. The third kappa shape index (κ3) is 4.34. The highest BCUT2D eigenvalue weighted by molar-refractivity contribution is 7.99. The number of carbonyl (C=O) groups excluding carboxylic acids is 1. The summed E-state index contributed by atoms with van der Waals surface area (Å²) in [6.07, 6.45) is 2.49. The van der Waals surface area contributed by atoms with Crippen molar-refractivity contribution in [3.05, 3.63) is 54.6 Å². The van der Waals surface area contributed by atoms with Crippen LogP contribution < -0.4 is 10.6 Å². The van der Waals surface area contributed by atoms with Crippen LogP contribution in [0.4, 0.5) is 5.69 Å². The van der Waals surface area contributed by atoms with Crippen molar-refractivity contribution in [1.82, 2.24) is 0 Å². The molecule has 21 heavy (non-hydrogen) atoms. The number of quaternary nitrogens is 1. The molecule has 4 heteroatoms. The molecule has 0 bridgehead atoms. The Balaban J connectivity index is 1.65. The zero-order valence-electron chi connectivity index (χ0n) is 11.8. The van der Waals surface area contributed by atoms with Crippen molar-refractivity contribution in [2.45, 2.75) is 28.7 Å². The zero-order chi connectivity index (χ0) is 14.5. The first-order chi connectivity index (χ1) is 10.3. The van der Waals surface area contributed by atoms with Gasteiger partial charge >= 0.3 is 0 Å². The average molecular weight is 299 g/mol. The van der Waals surface area contributed by atoms with Gasteiger partial charge in [-0.15, -0.1) is 0 Å². The summed E-state index contributed by atoms with van der Waals surface area (Å²) in [4.78, 5) is 14.2. The van der Waals surface area contributed by atoms with E-state index < -0.39 is 0 Å². The van der Waals surface area contributed by atoms with E-state index in [4.69, 9.17) is 0 Å². The highest BCUT2D eigenvalue weighted by atomic mass is 32.2. The maximum atomic E-state index is 12.0. The maximum Gasteiger partial charge on any atom is 0.279 e. The van der Waals surface area contributed by atoms with Gasteiger partial charge in [0.15, 0.2) is 6.54 Å². The largest absolute Gasteiger partial charge is 0.336 e. The minimum atomic E-state index is 0.0722. The van der Waals surface area contributed by atoms with Gasteiger partial charge in [0.05, 0.1) is 11.7 Å². The zero-order valence-corrected chi connectivity index (χ0v) is 12.6. The molecule has 1 aliphatic rings. The number of nitrogens with two attached hydrogens (primary N) is 1. The Morgan fingerprint density at radius 3 is 2.57 bits per heavy atom. The van der Waals surface area contributed by atoms with Gasteiger partial charge in [-0.25, -0.2) is 0 Å². The van der Waals surface area contributed by atoms with Crippen LogP contribution in [-0.4, -0.2) is 18.5 Å². The monoisotopic (exact) mass is 299 g/mol. The van der Waals surface area contributed by atoms with Gasteiger partial charge in [0.1, 0.15) is 0 Å². The normalized spacial score (nSPS) is 13.9. The van der Waals surface area contributed by atoms with E-state index >= 15 is 0 Å². The molecule has 0 spiro atoms. The number of nitrogens with one attached hydrogen (secondary N) is 1. The van der Waals surface area contributed by atoms with Crippen molar-refractivity contribution in [1.29, 1.82) is 0 Å². The molecule has 2 aromatic carbocycles. The number of carbonyl (C=O) groups is 1. The van der Waals surface area contributed by atoms with Crippen molar-refractivity contribution in [3.8, 4) is 0 Å². The van der Waals surface area contributed by atoms with Crippen molar-refractivity contribution in [2.75, 3.05) is 11.9 Å². The van der Waals surface area contributed by atoms with E-state index in [1.54, 1.807) is 11.8 Å². The van der Waals surface area contributed by atoms with E-state index in [0.29, 0.717) is 12.6 Å². The van der Waals surface area contributed by atoms with Crippen molar-refractivity contribution in [2.24, 2.45) is 0 Å². The minimum Gasteiger partial charge on any atom is -0.336 e. The van der Waals surface area contributed by atoms with E-state index in [1.807, 2.05) is 42.5 Å². The van der Waals surface area contributed by atoms with Gasteiger partial charge in [0.2, 0.25) is 0 Å². The molecular formula is C17H19N2OS+. The van der Waals surface area contributed by atoms with Crippen molar-refractivity contribution in [3.63, 3.8) is 0 Å². The van der Waals surface area contributed by atoms with Crippen LogP contribution in [0.5, 0.6) is 0 Å². The first-order valence-electron chi connectivity index (χ1n) is 7.26. The van der Waals surface area contributed by atoms with Gasteiger partial charge in [-0.1, -0.05) is 42.1 Å². The van der Waals surface area contributed by atoms with Crippen LogP contribution in [0.1, 0.15) is 12.8 Å². The van der Waals surface area contributed by atoms with E-state index in [9.17, 15) is 4.79 Å². The fourth-order valence-corrected chi connectivity index (χ4v) is 3.00. The molecule has 0 aliphatic heterocycles. The Morgan fingerprint density at radius 2 is 1.81 bits per heavy atom. The lowest BCUT2D eigenvalue weighted by Crippen LogP contribution is -2.87. The summed E-state index contributed by atoms with van der Waals surface area (Å²) in [5, 5.41) is 5.15. The second kappa shape index (κ2) is 6.78. The third-order valence-electron chi connectivity index (χ3n) is 3.39. The SMILES string of the molecule is O=C(C[NH2+]C1CC1)Nc1ccccc1Sc1ccccc1. The molecule has 0 atom stereocenters. The van der Waals surface area contributed by atoms with E-state index in [-0.39, 0.29) is 5.91 Å². The molecule has 3 N–H and O–H groups in total. The quantitative estimate of drug-likeness (QED) is 0.861. The van der Waals surface area contributed by atoms with Crippen LogP contribution in [-0.2, 0) is 4.79 Å². The molecule has 3 rings (SSSR count). The molecule has 2 aromatic rings. The predicted molar refractivity (Wildman–Crippen MR) is 85.5 cm³/mol. The summed E-state index contributed by atoms with van der Waals surface area (Å²) in [6, 6.07) is 18.8. The minimum absolute atomic E-state index is 0.0722. The van der Waals surface area contributed by atoms with Crippen molar-refractivity contribution < 1.29 is 10.1 Å². The molecule has 3 nitrogen and oxygen atoms in total. The number of amides is 1. The Labute approximate surface area is 129 Å². The number of hydrogen-bond acceptors (Lipinski definition) is 2. The van der Waals surface area contributed by atoms with Crippen LogP contribution in [0.3, 0.4) is 0 Å². The lowest BCUT2D eigenvalue weighted by Gasteiger charge is -2.10. The molecule has 1 fully saturated rings. The lowest BCUT2D eigenvalue weighted by atomic mass is 10.3. The number of rotatable bonds is 6. The van der Waals surface area contributed by atoms with E-state index in [2.05, 4.69) is 22.8 Å². The van der Waals surface area contributed by atoms with Crippen LogP contribution in [0, 0.1) is 0 Å². The topological polar surface area (TPSA) is 45.7 Å². The second-order valence-electron chi connectivity index (χ2n) is 5.24.